The van der Waals surface area contributed by atoms with Crippen LogP contribution in [0.2, 0.25) is 0 Å². The third-order valence-corrected chi connectivity index (χ3v) is 9.75. The van der Waals surface area contributed by atoms with Crippen LogP contribution in [0.15, 0.2) is 186 Å². The number of furan rings is 1. The van der Waals surface area contributed by atoms with Crippen molar-refractivity contribution in [2.24, 2.45) is 0 Å². The van der Waals surface area contributed by atoms with Crippen LogP contribution in [0, 0.1) is 0 Å². The van der Waals surface area contributed by atoms with E-state index in [2.05, 4.69) is 179 Å². The van der Waals surface area contributed by atoms with Crippen LogP contribution < -0.4 is 4.90 Å². The minimum atomic E-state index is 0.880. The van der Waals surface area contributed by atoms with Crippen LogP contribution in [0.3, 0.4) is 0 Å². The van der Waals surface area contributed by atoms with Crippen molar-refractivity contribution in [1.82, 2.24) is 4.57 Å². The molecule has 0 spiro atoms. The van der Waals surface area contributed by atoms with Gasteiger partial charge in [0.2, 0.25) is 0 Å². The zero-order valence-electron chi connectivity index (χ0n) is 26.6. The second-order valence-corrected chi connectivity index (χ2v) is 12.6. The Morgan fingerprint density at radius 3 is 1.82 bits per heavy atom. The molecule has 0 amide bonds. The Balaban J connectivity index is 1.31. The lowest BCUT2D eigenvalue weighted by Gasteiger charge is -2.30. The second kappa shape index (κ2) is 11.0. The second-order valence-electron chi connectivity index (χ2n) is 12.6. The van der Waals surface area contributed by atoms with Gasteiger partial charge in [-0.3, -0.25) is 0 Å². The molecule has 0 N–H and O–H groups in total. The molecule has 3 nitrogen and oxygen atoms in total. The molecule has 0 fully saturated rings. The van der Waals surface area contributed by atoms with E-state index >= 15 is 0 Å². The standard InChI is InChI=1S/C46H30N2O/c1-2-14-31(15-3-1)35-17-6-10-22-41(35)47(33-26-27-46-40(29-33)39-21-9-13-25-45(39)49-46)44-30-34(28-32-16-4-5-18-36(32)44)48-42-23-11-7-19-37(42)38-20-8-12-24-43(38)48/h1-30H. The Kier molecular flexibility index (Phi) is 6.18. The van der Waals surface area contributed by atoms with Crippen molar-refractivity contribution in [3.05, 3.63) is 182 Å². The third kappa shape index (κ3) is 4.37. The number of nitrogens with zero attached hydrogens (tertiary/aromatic N) is 2. The normalized spacial score (nSPS) is 11.7. The highest BCUT2D eigenvalue weighted by atomic mass is 16.3. The largest absolute Gasteiger partial charge is 0.456 e. The minimum Gasteiger partial charge on any atom is -0.456 e. The van der Waals surface area contributed by atoms with Gasteiger partial charge < -0.3 is 13.9 Å². The first-order chi connectivity index (χ1) is 24.3. The molecular weight excluding hydrogens is 597 g/mol. The van der Waals surface area contributed by atoms with Gasteiger partial charge in [0.1, 0.15) is 11.2 Å². The zero-order valence-corrected chi connectivity index (χ0v) is 26.6. The van der Waals surface area contributed by atoms with E-state index in [9.17, 15) is 0 Å². The minimum absolute atomic E-state index is 0.880. The number of fused-ring (bicyclic) bond motifs is 7. The number of para-hydroxylation sites is 4. The van der Waals surface area contributed by atoms with Gasteiger partial charge in [-0.05, 0) is 65.5 Å². The smallest absolute Gasteiger partial charge is 0.135 e. The quantitative estimate of drug-likeness (QED) is 0.190. The highest BCUT2D eigenvalue weighted by Gasteiger charge is 2.22. The van der Waals surface area contributed by atoms with Gasteiger partial charge in [0.25, 0.3) is 0 Å². The summed E-state index contributed by atoms with van der Waals surface area (Å²) in [5.74, 6) is 0. The fourth-order valence-electron chi connectivity index (χ4n) is 7.58. The van der Waals surface area contributed by atoms with E-state index in [1.54, 1.807) is 0 Å². The van der Waals surface area contributed by atoms with Crippen molar-refractivity contribution in [2.75, 3.05) is 4.90 Å². The summed E-state index contributed by atoms with van der Waals surface area (Å²) in [7, 11) is 0. The molecule has 49 heavy (non-hydrogen) atoms. The average Bonchev–Trinajstić information content (AvgIpc) is 3.71. The van der Waals surface area contributed by atoms with Gasteiger partial charge in [0, 0.05) is 43.9 Å². The summed E-state index contributed by atoms with van der Waals surface area (Å²) in [6.07, 6.45) is 0. The Labute approximate surface area is 283 Å². The molecule has 0 aliphatic carbocycles. The van der Waals surface area contributed by atoms with E-state index in [0.717, 1.165) is 50.3 Å². The Morgan fingerprint density at radius 2 is 1.02 bits per heavy atom. The zero-order chi connectivity index (χ0) is 32.3. The molecule has 0 saturated heterocycles. The Morgan fingerprint density at radius 1 is 0.408 bits per heavy atom. The first kappa shape index (κ1) is 27.5. The summed E-state index contributed by atoms with van der Waals surface area (Å²) in [4.78, 5) is 2.43. The molecule has 8 aromatic carbocycles. The maximum Gasteiger partial charge on any atom is 0.135 e. The maximum absolute atomic E-state index is 6.29. The van der Waals surface area contributed by atoms with Crippen molar-refractivity contribution < 1.29 is 4.42 Å². The van der Waals surface area contributed by atoms with E-state index in [4.69, 9.17) is 4.42 Å². The highest BCUT2D eigenvalue weighted by molar-refractivity contribution is 6.11. The SMILES string of the molecule is c1ccc(-c2ccccc2N(c2ccc3oc4ccccc4c3c2)c2cc(-n3c4ccccc4c4ccccc43)cc3ccccc23)cc1. The first-order valence-electron chi connectivity index (χ1n) is 16.7. The van der Waals surface area contributed by atoms with Crippen LogP contribution in [0.25, 0.3) is 71.3 Å². The van der Waals surface area contributed by atoms with E-state index < -0.39 is 0 Å². The number of hydrogen-bond acceptors (Lipinski definition) is 2. The lowest BCUT2D eigenvalue weighted by Crippen LogP contribution is -2.12. The van der Waals surface area contributed by atoms with E-state index in [1.165, 1.54) is 38.1 Å². The predicted octanol–water partition coefficient (Wildman–Crippen LogP) is 13.0. The Bertz CT molecular complexity index is 2790. The third-order valence-electron chi connectivity index (χ3n) is 9.75. The summed E-state index contributed by atoms with van der Waals surface area (Å²) >= 11 is 0. The molecule has 2 heterocycles. The summed E-state index contributed by atoms with van der Waals surface area (Å²) < 4.78 is 8.70. The first-order valence-corrected chi connectivity index (χ1v) is 16.7. The maximum atomic E-state index is 6.29. The molecule has 0 aliphatic heterocycles. The molecule has 0 radical (unpaired) electrons. The fourth-order valence-corrected chi connectivity index (χ4v) is 7.58. The Hall–Kier alpha value is -6.58. The van der Waals surface area contributed by atoms with Crippen LogP contribution >= 0.6 is 0 Å². The number of anilines is 3. The molecule has 230 valence electrons. The van der Waals surface area contributed by atoms with Crippen LogP contribution in [0.1, 0.15) is 0 Å². The molecule has 0 atom stereocenters. The molecule has 10 rings (SSSR count). The van der Waals surface area contributed by atoms with Crippen molar-refractivity contribution in [3.8, 4) is 16.8 Å². The van der Waals surface area contributed by atoms with Gasteiger partial charge in [-0.1, -0.05) is 127 Å². The van der Waals surface area contributed by atoms with Crippen LogP contribution in [-0.4, -0.2) is 4.57 Å². The van der Waals surface area contributed by atoms with E-state index in [-0.39, 0.29) is 0 Å². The van der Waals surface area contributed by atoms with Crippen LogP contribution in [0.4, 0.5) is 17.1 Å². The van der Waals surface area contributed by atoms with Gasteiger partial charge in [0.15, 0.2) is 0 Å². The number of benzene rings is 8. The lowest BCUT2D eigenvalue weighted by molar-refractivity contribution is 0.669. The van der Waals surface area contributed by atoms with Gasteiger partial charge in [-0.25, -0.2) is 0 Å². The molecule has 2 aromatic heterocycles. The van der Waals surface area contributed by atoms with Gasteiger partial charge >= 0.3 is 0 Å². The fraction of sp³-hybridized carbons (Fsp3) is 0. The summed E-state index contributed by atoms with van der Waals surface area (Å²) in [6.45, 7) is 0. The van der Waals surface area contributed by atoms with Gasteiger partial charge in [-0.2, -0.15) is 0 Å². The summed E-state index contributed by atoms with van der Waals surface area (Å²) in [6, 6.07) is 65.1. The van der Waals surface area contributed by atoms with E-state index in [0.29, 0.717) is 0 Å². The molecular formula is C46H30N2O. The lowest BCUT2D eigenvalue weighted by atomic mass is 10.00. The van der Waals surface area contributed by atoms with Gasteiger partial charge in [-0.15, -0.1) is 0 Å². The molecule has 10 aromatic rings. The highest BCUT2D eigenvalue weighted by Crippen LogP contribution is 2.46. The average molecular weight is 627 g/mol. The topological polar surface area (TPSA) is 21.3 Å². The molecule has 3 heteroatoms. The predicted molar refractivity (Wildman–Crippen MR) is 206 cm³/mol. The number of hydrogen-bond donors (Lipinski definition) is 0. The molecule has 0 aliphatic rings. The summed E-state index contributed by atoms with van der Waals surface area (Å²) in [5.41, 5.74) is 10.9. The van der Waals surface area contributed by atoms with Crippen molar-refractivity contribution in [1.29, 1.82) is 0 Å². The molecule has 0 unspecified atom stereocenters. The van der Waals surface area contributed by atoms with Crippen molar-refractivity contribution in [2.45, 2.75) is 0 Å². The van der Waals surface area contributed by atoms with Gasteiger partial charge in [0.05, 0.1) is 22.4 Å². The number of rotatable bonds is 5. The summed E-state index contributed by atoms with van der Waals surface area (Å²) in [5, 5.41) is 7.05. The van der Waals surface area contributed by atoms with Crippen molar-refractivity contribution in [3.63, 3.8) is 0 Å². The number of aromatic nitrogens is 1. The monoisotopic (exact) mass is 626 g/mol. The van der Waals surface area contributed by atoms with E-state index in [1.807, 2.05) is 12.1 Å². The molecule has 0 bridgehead atoms. The molecule has 0 saturated carbocycles. The van der Waals surface area contributed by atoms with Crippen LogP contribution in [-0.2, 0) is 0 Å². The van der Waals surface area contributed by atoms with Crippen LogP contribution in [0.5, 0.6) is 0 Å². The van der Waals surface area contributed by atoms with Crippen molar-refractivity contribution >= 4 is 71.6 Å².